The fraction of sp³-hybridized carbons (Fsp3) is 0.846. The van der Waals surface area contributed by atoms with Crippen molar-refractivity contribution in [3.63, 3.8) is 0 Å². The predicted octanol–water partition coefficient (Wildman–Crippen LogP) is 4.17. The number of allylic oxidation sites excluding steroid dienone is 1. The molecule has 2 aliphatic rings. The molecule has 0 heteroatoms. The van der Waals surface area contributed by atoms with Crippen molar-refractivity contribution < 1.29 is 0 Å². The zero-order chi connectivity index (χ0) is 9.26. The van der Waals surface area contributed by atoms with Gasteiger partial charge in [-0.25, -0.2) is 0 Å². The van der Waals surface area contributed by atoms with Crippen molar-refractivity contribution in [2.24, 2.45) is 17.8 Å². The van der Waals surface area contributed by atoms with Crippen LogP contribution in [-0.2, 0) is 0 Å². The Kier molecular flexibility index (Phi) is 2.76. The molecule has 0 nitrogen and oxygen atoms in total. The molecule has 2 atom stereocenters. The van der Waals surface area contributed by atoms with Crippen molar-refractivity contribution in [3.8, 4) is 0 Å². The summed E-state index contributed by atoms with van der Waals surface area (Å²) in [6, 6.07) is 0. The van der Waals surface area contributed by atoms with E-state index in [1.165, 1.54) is 50.5 Å². The molecule has 2 rings (SSSR count). The summed E-state index contributed by atoms with van der Waals surface area (Å²) < 4.78 is 0. The van der Waals surface area contributed by atoms with Gasteiger partial charge in [-0.05, 0) is 50.4 Å². The van der Waals surface area contributed by atoms with Gasteiger partial charge >= 0.3 is 0 Å². The van der Waals surface area contributed by atoms with Gasteiger partial charge in [0.1, 0.15) is 0 Å². The van der Waals surface area contributed by atoms with Gasteiger partial charge in [-0.3, -0.25) is 0 Å². The molecule has 0 aromatic heterocycles. The lowest BCUT2D eigenvalue weighted by Crippen LogP contribution is -2.04. The first-order valence-electron chi connectivity index (χ1n) is 5.93. The molecule has 0 aliphatic heterocycles. The third-order valence-corrected chi connectivity index (χ3v) is 4.29. The molecule has 13 heavy (non-hydrogen) atoms. The molecule has 2 fully saturated rings. The highest BCUT2D eigenvalue weighted by atomic mass is 14.4. The highest BCUT2D eigenvalue weighted by molar-refractivity contribution is 4.98. The first-order chi connectivity index (χ1) is 6.27. The van der Waals surface area contributed by atoms with Crippen LogP contribution >= 0.6 is 0 Å². The molecule has 2 saturated carbocycles. The van der Waals surface area contributed by atoms with Crippen LogP contribution in [0.5, 0.6) is 0 Å². The van der Waals surface area contributed by atoms with Crippen LogP contribution in [-0.4, -0.2) is 0 Å². The SMILES string of the molecule is C=C(C)C1CCC2CCCC2CC1. The van der Waals surface area contributed by atoms with E-state index in [1.54, 1.807) is 0 Å². The second-order valence-corrected chi connectivity index (χ2v) is 5.15. The van der Waals surface area contributed by atoms with Crippen LogP contribution in [0.25, 0.3) is 0 Å². The fourth-order valence-electron chi connectivity index (χ4n) is 3.34. The number of rotatable bonds is 1. The van der Waals surface area contributed by atoms with E-state index < -0.39 is 0 Å². The lowest BCUT2D eigenvalue weighted by atomic mass is 9.92. The summed E-state index contributed by atoms with van der Waals surface area (Å²) in [6.45, 7) is 6.33. The summed E-state index contributed by atoms with van der Waals surface area (Å²) in [7, 11) is 0. The van der Waals surface area contributed by atoms with Gasteiger partial charge in [0, 0.05) is 0 Å². The first-order valence-corrected chi connectivity index (χ1v) is 5.93. The standard InChI is InChI=1S/C13H22/c1-10(2)11-6-8-12-4-3-5-13(12)9-7-11/h11-13H,1,3-9H2,2H3. The molecular formula is C13H22. The van der Waals surface area contributed by atoms with Crippen molar-refractivity contribution in [1.82, 2.24) is 0 Å². The molecule has 0 bridgehead atoms. The molecular weight excluding hydrogens is 156 g/mol. The average Bonchev–Trinajstić information content (AvgIpc) is 2.44. The largest absolute Gasteiger partial charge is 0.0999 e. The van der Waals surface area contributed by atoms with Gasteiger partial charge in [0.2, 0.25) is 0 Å². The topological polar surface area (TPSA) is 0 Å². The molecule has 2 aliphatic carbocycles. The molecule has 0 N–H and O–H groups in total. The summed E-state index contributed by atoms with van der Waals surface area (Å²) in [6.07, 6.45) is 10.4. The number of fused-ring (bicyclic) bond motifs is 1. The smallest absolute Gasteiger partial charge is 0.0208 e. The van der Waals surface area contributed by atoms with Crippen LogP contribution in [0.2, 0.25) is 0 Å². The minimum Gasteiger partial charge on any atom is -0.0999 e. The summed E-state index contributed by atoms with van der Waals surface area (Å²) in [5, 5.41) is 0. The number of hydrogen-bond donors (Lipinski definition) is 0. The first kappa shape index (κ1) is 9.30. The maximum Gasteiger partial charge on any atom is -0.0208 e. The summed E-state index contributed by atoms with van der Waals surface area (Å²) in [5.74, 6) is 3.03. The maximum atomic E-state index is 4.11. The van der Waals surface area contributed by atoms with Crippen LogP contribution < -0.4 is 0 Å². The Morgan fingerprint density at radius 2 is 1.46 bits per heavy atom. The van der Waals surface area contributed by atoms with Gasteiger partial charge in [0.25, 0.3) is 0 Å². The van der Waals surface area contributed by atoms with Crippen LogP contribution in [0.1, 0.15) is 51.9 Å². The quantitative estimate of drug-likeness (QED) is 0.529. The van der Waals surface area contributed by atoms with Crippen molar-refractivity contribution in [2.45, 2.75) is 51.9 Å². The van der Waals surface area contributed by atoms with Crippen molar-refractivity contribution in [3.05, 3.63) is 12.2 Å². The second-order valence-electron chi connectivity index (χ2n) is 5.15. The van der Waals surface area contributed by atoms with Crippen molar-refractivity contribution >= 4 is 0 Å². The van der Waals surface area contributed by atoms with E-state index in [-0.39, 0.29) is 0 Å². The molecule has 0 saturated heterocycles. The van der Waals surface area contributed by atoms with E-state index >= 15 is 0 Å². The fourth-order valence-corrected chi connectivity index (χ4v) is 3.34. The Hall–Kier alpha value is -0.260. The molecule has 0 heterocycles. The van der Waals surface area contributed by atoms with E-state index in [0.717, 1.165) is 17.8 Å². The molecule has 0 amide bonds. The van der Waals surface area contributed by atoms with E-state index in [4.69, 9.17) is 0 Å². The van der Waals surface area contributed by atoms with E-state index in [9.17, 15) is 0 Å². The Morgan fingerprint density at radius 3 is 1.92 bits per heavy atom. The van der Waals surface area contributed by atoms with Gasteiger partial charge < -0.3 is 0 Å². The molecule has 74 valence electrons. The van der Waals surface area contributed by atoms with Gasteiger partial charge in [-0.1, -0.05) is 31.4 Å². The lowest BCUT2D eigenvalue weighted by Gasteiger charge is -2.14. The van der Waals surface area contributed by atoms with Gasteiger partial charge in [0.05, 0.1) is 0 Å². The monoisotopic (exact) mass is 178 g/mol. The second kappa shape index (κ2) is 3.86. The van der Waals surface area contributed by atoms with E-state index in [2.05, 4.69) is 13.5 Å². The Balaban J connectivity index is 1.95. The molecule has 0 spiro atoms. The normalized spacial score (nSPS) is 39.6. The van der Waals surface area contributed by atoms with Gasteiger partial charge in [0.15, 0.2) is 0 Å². The summed E-state index contributed by atoms with van der Waals surface area (Å²) in [5.41, 5.74) is 1.43. The number of hydrogen-bond acceptors (Lipinski definition) is 0. The predicted molar refractivity (Wildman–Crippen MR) is 57.6 cm³/mol. The van der Waals surface area contributed by atoms with Gasteiger partial charge in [-0.2, -0.15) is 0 Å². The highest BCUT2D eigenvalue weighted by Crippen LogP contribution is 2.43. The van der Waals surface area contributed by atoms with Crippen LogP contribution in [0.3, 0.4) is 0 Å². The van der Waals surface area contributed by atoms with Crippen LogP contribution in [0.4, 0.5) is 0 Å². The Labute approximate surface area is 82.4 Å². The molecule has 0 aromatic rings. The lowest BCUT2D eigenvalue weighted by molar-refractivity contribution is 0.367. The van der Waals surface area contributed by atoms with Crippen LogP contribution in [0, 0.1) is 17.8 Å². The van der Waals surface area contributed by atoms with Crippen molar-refractivity contribution in [1.29, 1.82) is 0 Å². The maximum absolute atomic E-state index is 4.11. The zero-order valence-corrected chi connectivity index (χ0v) is 8.89. The Morgan fingerprint density at radius 1 is 0.923 bits per heavy atom. The van der Waals surface area contributed by atoms with E-state index in [1.807, 2.05) is 0 Å². The molecule has 0 radical (unpaired) electrons. The summed E-state index contributed by atoms with van der Waals surface area (Å²) in [4.78, 5) is 0. The Bertz CT molecular complexity index is 178. The highest BCUT2D eigenvalue weighted by Gasteiger charge is 2.30. The zero-order valence-electron chi connectivity index (χ0n) is 8.89. The van der Waals surface area contributed by atoms with Crippen molar-refractivity contribution in [2.75, 3.05) is 0 Å². The average molecular weight is 178 g/mol. The third-order valence-electron chi connectivity index (χ3n) is 4.29. The third kappa shape index (κ3) is 1.98. The minimum atomic E-state index is 0.852. The van der Waals surface area contributed by atoms with Crippen LogP contribution in [0.15, 0.2) is 12.2 Å². The molecule has 2 unspecified atom stereocenters. The molecule has 0 aromatic carbocycles. The summed E-state index contributed by atoms with van der Waals surface area (Å²) >= 11 is 0. The van der Waals surface area contributed by atoms with E-state index in [0.29, 0.717) is 0 Å². The minimum absolute atomic E-state index is 0.852. The van der Waals surface area contributed by atoms with Gasteiger partial charge in [-0.15, -0.1) is 0 Å².